The standard InChI is InChI=1S/C13H28OSi/c1-6-11-13(12-7-2)14-15(8-3,9-4)10-5/h6,13H,1,7-12H2,2-5H3. The Morgan fingerprint density at radius 1 is 1.13 bits per heavy atom. The van der Waals surface area contributed by atoms with Gasteiger partial charge in [-0.1, -0.05) is 40.2 Å². The van der Waals surface area contributed by atoms with Crippen LogP contribution < -0.4 is 0 Å². The highest BCUT2D eigenvalue weighted by atomic mass is 28.4. The molecule has 0 aromatic carbocycles. The van der Waals surface area contributed by atoms with Gasteiger partial charge in [-0.15, -0.1) is 6.58 Å². The van der Waals surface area contributed by atoms with Crippen molar-refractivity contribution in [3.63, 3.8) is 0 Å². The molecule has 0 aromatic heterocycles. The average Bonchev–Trinajstić information content (AvgIpc) is 2.27. The van der Waals surface area contributed by atoms with Crippen LogP contribution in [0.4, 0.5) is 0 Å². The molecule has 0 saturated heterocycles. The molecule has 0 aliphatic rings. The first-order chi connectivity index (χ1) is 7.17. The average molecular weight is 228 g/mol. The molecular formula is C13H28OSi. The summed E-state index contributed by atoms with van der Waals surface area (Å²) in [5.74, 6) is 0. The zero-order valence-electron chi connectivity index (χ0n) is 11.0. The van der Waals surface area contributed by atoms with Crippen molar-refractivity contribution in [1.82, 2.24) is 0 Å². The second kappa shape index (κ2) is 8.11. The first-order valence-corrected chi connectivity index (χ1v) is 8.99. The third kappa shape index (κ3) is 4.98. The lowest BCUT2D eigenvalue weighted by Gasteiger charge is -2.33. The highest BCUT2D eigenvalue weighted by Crippen LogP contribution is 2.25. The van der Waals surface area contributed by atoms with Crippen molar-refractivity contribution in [3.05, 3.63) is 12.7 Å². The molecule has 0 radical (unpaired) electrons. The predicted octanol–water partition coefficient (Wildman–Crippen LogP) is 4.75. The third-order valence-electron chi connectivity index (χ3n) is 3.39. The molecule has 0 spiro atoms. The van der Waals surface area contributed by atoms with Crippen LogP contribution in [0.25, 0.3) is 0 Å². The van der Waals surface area contributed by atoms with E-state index in [9.17, 15) is 0 Å². The van der Waals surface area contributed by atoms with Crippen molar-refractivity contribution in [2.24, 2.45) is 0 Å². The summed E-state index contributed by atoms with van der Waals surface area (Å²) in [4.78, 5) is 0. The molecule has 1 atom stereocenters. The van der Waals surface area contributed by atoms with Crippen molar-refractivity contribution < 1.29 is 4.43 Å². The van der Waals surface area contributed by atoms with Gasteiger partial charge in [0.15, 0.2) is 8.32 Å². The maximum absolute atomic E-state index is 6.43. The van der Waals surface area contributed by atoms with Crippen LogP contribution >= 0.6 is 0 Å². The molecule has 2 heteroatoms. The number of rotatable bonds is 9. The SMILES string of the molecule is C=CCC(CCC)O[Si](CC)(CC)CC. The van der Waals surface area contributed by atoms with E-state index in [1.807, 2.05) is 6.08 Å². The molecule has 0 aliphatic heterocycles. The van der Waals surface area contributed by atoms with Crippen LogP contribution in [-0.2, 0) is 4.43 Å². The first-order valence-electron chi connectivity index (χ1n) is 6.46. The third-order valence-corrected chi connectivity index (χ3v) is 8.09. The Hall–Kier alpha value is -0.0831. The van der Waals surface area contributed by atoms with Crippen molar-refractivity contribution in [2.45, 2.75) is 71.2 Å². The molecule has 15 heavy (non-hydrogen) atoms. The van der Waals surface area contributed by atoms with Crippen molar-refractivity contribution in [1.29, 1.82) is 0 Å². The van der Waals surface area contributed by atoms with Gasteiger partial charge in [-0.05, 0) is 31.0 Å². The Labute approximate surface area is 97.0 Å². The highest BCUT2D eigenvalue weighted by molar-refractivity contribution is 6.73. The summed E-state index contributed by atoms with van der Waals surface area (Å²) >= 11 is 0. The normalized spacial score (nSPS) is 13.9. The summed E-state index contributed by atoms with van der Waals surface area (Å²) in [5.41, 5.74) is 0. The quantitative estimate of drug-likeness (QED) is 0.409. The van der Waals surface area contributed by atoms with Crippen LogP contribution in [0.15, 0.2) is 12.7 Å². The van der Waals surface area contributed by atoms with Crippen molar-refractivity contribution >= 4 is 8.32 Å². The smallest absolute Gasteiger partial charge is 0.192 e. The molecule has 0 saturated carbocycles. The van der Waals surface area contributed by atoms with Gasteiger partial charge in [-0.2, -0.15) is 0 Å². The van der Waals surface area contributed by atoms with Gasteiger partial charge in [0, 0.05) is 6.10 Å². The Morgan fingerprint density at radius 3 is 2.00 bits per heavy atom. The lowest BCUT2D eigenvalue weighted by Crippen LogP contribution is -2.39. The van der Waals surface area contributed by atoms with Crippen molar-refractivity contribution in [3.8, 4) is 0 Å². The Kier molecular flexibility index (Phi) is 8.07. The Bertz CT molecular complexity index is 156. The molecule has 90 valence electrons. The molecule has 0 amide bonds. The summed E-state index contributed by atoms with van der Waals surface area (Å²) in [6.07, 6.45) is 5.84. The van der Waals surface area contributed by atoms with Gasteiger partial charge in [0.25, 0.3) is 0 Å². The van der Waals surface area contributed by atoms with E-state index in [0.717, 1.165) is 6.42 Å². The van der Waals surface area contributed by atoms with Gasteiger partial charge >= 0.3 is 0 Å². The number of hydrogen-bond donors (Lipinski definition) is 0. The first kappa shape index (κ1) is 14.9. The lowest BCUT2D eigenvalue weighted by molar-refractivity contribution is 0.178. The van der Waals surface area contributed by atoms with Gasteiger partial charge in [0.05, 0.1) is 0 Å². The Morgan fingerprint density at radius 2 is 1.67 bits per heavy atom. The van der Waals surface area contributed by atoms with Gasteiger partial charge < -0.3 is 4.43 Å². The fraction of sp³-hybridized carbons (Fsp3) is 0.846. The van der Waals surface area contributed by atoms with Crippen LogP contribution in [-0.4, -0.2) is 14.4 Å². The summed E-state index contributed by atoms with van der Waals surface area (Å²) < 4.78 is 6.43. The van der Waals surface area contributed by atoms with Gasteiger partial charge in [-0.25, -0.2) is 0 Å². The molecule has 1 unspecified atom stereocenters. The minimum Gasteiger partial charge on any atom is -0.414 e. The summed E-state index contributed by atoms with van der Waals surface area (Å²) in [7, 11) is -1.40. The van der Waals surface area contributed by atoms with Gasteiger partial charge in [0.1, 0.15) is 0 Å². The van der Waals surface area contributed by atoms with Crippen LogP contribution in [0.3, 0.4) is 0 Å². The topological polar surface area (TPSA) is 9.23 Å². The minimum atomic E-state index is -1.40. The summed E-state index contributed by atoms with van der Waals surface area (Å²) in [5, 5.41) is 0. The molecule has 0 N–H and O–H groups in total. The fourth-order valence-electron chi connectivity index (χ4n) is 2.09. The van der Waals surface area contributed by atoms with Gasteiger partial charge in [-0.3, -0.25) is 0 Å². The van der Waals surface area contributed by atoms with Crippen LogP contribution in [0.2, 0.25) is 18.1 Å². The van der Waals surface area contributed by atoms with E-state index in [4.69, 9.17) is 4.43 Å². The van der Waals surface area contributed by atoms with E-state index in [0.29, 0.717) is 6.10 Å². The van der Waals surface area contributed by atoms with E-state index < -0.39 is 8.32 Å². The zero-order chi connectivity index (χ0) is 11.7. The Balaban J connectivity index is 4.37. The van der Waals surface area contributed by atoms with E-state index in [2.05, 4.69) is 34.3 Å². The van der Waals surface area contributed by atoms with E-state index >= 15 is 0 Å². The fourth-order valence-corrected chi connectivity index (χ4v) is 5.01. The van der Waals surface area contributed by atoms with E-state index in [-0.39, 0.29) is 0 Å². The molecular weight excluding hydrogens is 200 g/mol. The molecule has 0 aliphatic carbocycles. The van der Waals surface area contributed by atoms with Crippen LogP contribution in [0, 0.1) is 0 Å². The molecule has 0 aromatic rings. The second-order valence-corrected chi connectivity index (χ2v) is 9.02. The summed E-state index contributed by atoms with van der Waals surface area (Å²) in [6.45, 7) is 12.9. The monoisotopic (exact) mass is 228 g/mol. The zero-order valence-corrected chi connectivity index (χ0v) is 12.0. The van der Waals surface area contributed by atoms with Crippen LogP contribution in [0.1, 0.15) is 47.0 Å². The van der Waals surface area contributed by atoms with Crippen LogP contribution in [0.5, 0.6) is 0 Å². The predicted molar refractivity (Wildman–Crippen MR) is 71.8 cm³/mol. The van der Waals surface area contributed by atoms with Gasteiger partial charge in [0.2, 0.25) is 0 Å². The highest BCUT2D eigenvalue weighted by Gasteiger charge is 2.31. The second-order valence-electron chi connectivity index (χ2n) is 4.30. The number of hydrogen-bond acceptors (Lipinski definition) is 1. The van der Waals surface area contributed by atoms with Crippen molar-refractivity contribution in [2.75, 3.05) is 0 Å². The summed E-state index contributed by atoms with van der Waals surface area (Å²) in [6, 6.07) is 3.74. The largest absolute Gasteiger partial charge is 0.414 e. The molecule has 0 heterocycles. The molecule has 0 bridgehead atoms. The lowest BCUT2D eigenvalue weighted by atomic mass is 10.1. The van der Waals surface area contributed by atoms with E-state index in [1.54, 1.807) is 0 Å². The maximum Gasteiger partial charge on any atom is 0.192 e. The molecule has 0 rings (SSSR count). The molecule has 1 nitrogen and oxygen atoms in total. The minimum absolute atomic E-state index is 0.430. The van der Waals surface area contributed by atoms with E-state index in [1.165, 1.54) is 31.0 Å². The maximum atomic E-state index is 6.43. The molecule has 0 fully saturated rings.